The van der Waals surface area contributed by atoms with Crippen molar-refractivity contribution >= 4 is 5.97 Å². The molecule has 0 bridgehead atoms. The first-order valence-corrected chi connectivity index (χ1v) is 4.76. The van der Waals surface area contributed by atoms with Crippen LogP contribution in [0.25, 0.3) is 0 Å². The van der Waals surface area contributed by atoms with Gasteiger partial charge in [-0.2, -0.15) is 0 Å². The van der Waals surface area contributed by atoms with Crippen LogP contribution in [0.15, 0.2) is 18.2 Å². The molecule has 0 fully saturated rings. The Balaban J connectivity index is 3.21. The number of rotatable bonds is 4. The molecule has 0 aliphatic rings. The van der Waals surface area contributed by atoms with E-state index in [1.54, 1.807) is 18.2 Å². The van der Waals surface area contributed by atoms with Crippen molar-refractivity contribution in [3.8, 4) is 5.75 Å². The molecule has 0 radical (unpaired) electrons. The minimum absolute atomic E-state index is 0.253. The van der Waals surface area contributed by atoms with Crippen molar-refractivity contribution in [1.82, 2.24) is 0 Å². The van der Waals surface area contributed by atoms with Gasteiger partial charge in [0.2, 0.25) is 0 Å². The van der Waals surface area contributed by atoms with Gasteiger partial charge < -0.3 is 20.3 Å². The minimum Gasteiger partial charge on any atom is -0.497 e. The molecule has 0 aromatic heterocycles. The van der Waals surface area contributed by atoms with Gasteiger partial charge in [0.1, 0.15) is 5.75 Å². The van der Waals surface area contributed by atoms with Crippen LogP contribution in [-0.2, 0) is 4.74 Å². The molecule has 1 rings (SSSR count). The molecule has 0 amide bonds. The summed E-state index contributed by atoms with van der Waals surface area (Å²) in [5.41, 5.74) is 6.54. The average Bonchev–Trinajstić information content (AvgIpc) is 2.36. The highest BCUT2D eigenvalue weighted by Gasteiger charge is 2.17. The van der Waals surface area contributed by atoms with Crippen LogP contribution < -0.4 is 10.5 Å². The smallest absolute Gasteiger partial charge is 0.338 e. The minimum atomic E-state index is -0.635. The van der Waals surface area contributed by atoms with Gasteiger partial charge in [0, 0.05) is 0 Å². The first-order valence-electron chi connectivity index (χ1n) is 4.76. The third kappa shape index (κ3) is 2.50. The van der Waals surface area contributed by atoms with E-state index in [-0.39, 0.29) is 6.61 Å². The van der Waals surface area contributed by atoms with Crippen LogP contribution in [0.4, 0.5) is 0 Å². The van der Waals surface area contributed by atoms with Gasteiger partial charge in [0.25, 0.3) is 0 Å². The molecule has 5 nitrogen and oxygen atoms in total. The Labute approximate surface area is 93.8 Å². The monoisotopic (exact) mass is 225 g/mol. The summed E-state index contributed by atoms with van der Waals surface area (Å²) in [5, 5.41) is 9.01. The zero-order chi connectivity index (χ0) is 12.1. The van der Waals surface area contributed by atoms with Crippen molar-refractivity contribution in [2.75, 3.05) is 20.8 Å². The first kappa shape index (κ1) is 12.5. The largest absolute Gasteiger partial charge is 0.497 e. The molecule has 0 heterocycles. The molecule has 0 spiro atoms. The fourth-order valence-electron chi connectivity index (χ4n) is 1.37. The Kier molecular flexibility index (Phi) is 4.28. The lowest BCUT2D eigenvalue weighted by Gasteiger charge is -2.14. The SMILES string of the molecule is COC(=O)c1ccc(OC)cc1[C@H](N)CO. The molecule has 0 unspecified atom stereocenters. The Morgan fingerprint density at radius 2 is 2.19 bits per heavy atom. The average molecular weight is 225 g/mol. The highest BCUT2D eigenvalue weighted by atomic mass is 16.5. The van der Waals surface area contributed by atoms with Crippen molar-refractivity contribution in [3.63, 3.8) is 0 Å². The molecule has 0 saturated carbocycles. The second-order valence-electron chi connectivity index (χ2n) is 3.23. The maximum absolute atomic E-state index is 11.5. The number of carbonyl (C=O) groups excluding carboxylic acids is 1. The summed E-state index contributed by atoms with van der Waals surface area (Å²) in [6.45, 7) is -0.253. The molecule has 3 N–H and O–H groups in total. The maximum Gasteiger partial charge on any atom is 0.338 e. The lowest BCUT2D eigenvalue weighted by atomic mass is 10.0. The number of benzene rings is 1. The molecule has 5 heteroatoms. The predicted octanol–water partition coefficient (Wildman–Crippen LogP) is 0.474. The van der Waals surface area contributed by atoms with E-state index < -0.39 is 12.0 Å². The third-order valence-corrected chi connectivity index (χ3v) is 2.26. The predicted molar refractivity (Wildman–Crippen MR) is 58.3 cm³/mol. The number of hydrogen-bond donors (Lipinski definition) is 2. The molecule has 0 aliphatic carbocycles. The number of aliphatic hydroxyl groups is 1. The zero-order valence-corrected chi connectivity index (χ0v) is 9.27. The molecule has 1 atom stereocenters. The van der Waals surface area contributed by atoms with E-state index in [4.69, 9.17) is 15.6 Å². The summed E-state index contributed by atoms with van der Waals surface area (Å²) in [6, 6.07) is 4.19. The highest BCUT2D eigenvalue weighted by Crippen LogP contribution is 2.22. The Morgan fingerprint density at radius 1 is 1.50 bits per heavy atom. The van der Waals surface area contributed by atoms with Gasteiger partial charge in [0.05, 0.1) is 32.4 Å². The quantitative estimate of drug-likeness (QED) is 0.728. The molecular weight excluding hydrogens is 210 g/mol. The molecule has 1 aromatic carbocycles. The summed E-state index contributed by atoms with van der Waals surface area (Å²) in [4.78, 5) is 11.5. The van der Waals surface area contributed by atoms with Crippen molar-refractivity contribution in [2.45, 2.75) is 6.04 Å². The topological polar surface area (TPSA) is 81.8 Å². The van der Waals surface area contributed by atoms with Gasteiger partial charge in [-0.25, -0.2) is 4.79 Å². The van der Waals surface area contributed by atoms with E-state index in [0.717, 1.165) is 0 Å². The van der Waals surface area contributed by atoms with Crippen LogP contribution in [0.1, 0.15) is 22.0 Å². The number of hydrogen-bond acceptors (Lipinski definition) is 5. The van der Waals surface area contributed by atoms with Gasteiger partial charge in [-0.1, -0.05) is 0 Å². The van der Waals surface area contributed by atoms with Gasteiger partial charge in [0.15, 0.2) is 0 Å². The van der Waals surface area contributed by atoms with Gasteiger partial charge in [-0.05, 0) is 23.8 Å². The molecule has 0 aliphatic heterocycles. The number of methoxy groups -OCH3 is 2. The Bertz CT molecular complexity index is 378. The molecule has 88 valence electrons. The van der Waals surface area contributed by atoms with E-state index in [2.05, 4.69) is 4.74 Å². The van der Waals surface area contributed by atoms with Crippen molar-refractivity contribution < 1.29 is 19.4 Å². The van der Waals surface area contributed by atoms with E-state index in [1.807, 2.05) is 0 Å². The number of nitrogens with two attached hydrogens (primary N) is 1. The second-order valence-corrected chi connectivity index (χ2v) is 3.23. The van der Waals surface area contributed by atoms with Gasteiger partial charge >= 0.3 is 5.97 Å². The summed E-state index contributed by atoms with van der Waals surface area (Å²) in [5.74, 6) is 0.0908. The third-order valence-electron chi connectivity index (χ3n) is 2.26. The fraction of sp³-hybridized carbons (Fsp3) is 0.364. The van der Waals surface area contributed by atoms with Gasteiger partial charge in [-0.15, -0.1) is 0 Å². The summed E-state index contributed by atoms with van der Waals surface area (Å²) in [6.07, 6.45) is 0. The van der Waals surface area contributed by atoms with Crippen LogP contribution >= 0.6 is 0 Å². The normalized spacial score (nSPS) is 12.0. The van der Waals surface area contributed by atoms with Crippen LogP contribution in [0.3, 0.4) is 0 Å². The number of carbonyl (C=O) groups is 1. The lowest BCUT2D eigenvalue weighted by molar-refractivity contribution is 0.0598. The van der Waals surface area contributed by atoms with E-state index in [0.29, 0.717) is 16.9 Å². The van der Waals surface area contributed by atoms with E-state index in [1.165, 1.54) is 14.2 Å². The first-order chi connectivity index (χ1) is 7.63. The number of esters is 1. The Morgan fingerprint density at radius 3 is 2.69 bits per heavy atom. The molecule has 16 heavy (non-hydrogen) atoms. The molecule has 1 aromatic rings. The summed E-state index contributed by atoms with van der Waals surface area (Å²) >= 11 is 0. The van der Waals surface area contributed by atoms with Crippen molar-refractivity contribution in [1.29, 1.82) is 0 Å². The number of ether oxygens (including phenoxy) is 2. The van der Waals surface area contributed by atoms with Crippen LogP contribution in [0.5, 0.6) is 5.75 Å². The van der Waals surface area contributed by atoms with Crippen LogP contribution in [0.2, 0.25) is 0 Å². The number of aliphatic hydroxyl groups excluding tert-OH is 1. The molecule has 0 saturated heterocycles. The van der Waals surface area contributed by atoms with Crippen LogP contribution in [-0.4, -0.2) is 31.9 Å². The van der Waals surface area contributed by atoms with Crippen LogP contribution in [0, 0.1) is 0 Å². The highest BCUT2D eigenvalue weighted by molar-refractivity contribution is 5.91. The van der Waals surface area contributed by atoms with Crippen molar-refractivity contribution in [3.05, 3.63) is 29.3 Å². The van der Waals surface area contributed by atoms with Crippen molar-refractivity contribution in [2.24, 2.45) is 5.73 Å². The zero-order valence-electron chi connectivity index (χ0n) is 9.27. The maximum atomic E-state index is 11.5. The van der Waals surface area contributed by atoms with E-state index in [9.17, 15) is 4.79 Å². The van der Waals surface area contributed by atoms with E-state index >= 15 is 0 Å². The summed E-state index contributed by atoms with van der Waals surface area (Å²) in [7, 11) is 2.81. The fourth-order valence-corrected chi connectivity index (χ4v) is 1.37. The molecular formula is C11H15NO4. The Hall–Kier alpha value is -1.59. The second kappa shape index (κ2) is 5.48. The lowest BCUT2D eigenvalue weighted by Crippen LogP contribution is -2.19. The summed E-state index contributed by atoms with van der Waals surface area (Å²) < 4.78 is 9.66. The standard InChI is InChI=1S/C11H15NO4/c1-15-7-3-4-8(11(14)16-2)9(5-7)10(12)6-13/h3-5,10,13H,6,12H2,1-2H3/t10-/m1/s1. The van der Waals surface area contributed by atoms with Gasteiger partial charge in [-0.3, -0.25) is 0 Å².